The van der Waals surface area contributed by atoms with Crippen LogP contribution in [-0.4, -0.2) is 46.4 Å². The molecule has 1 aromatic carbocycles. The highest BCUT2D eigenvalue weighted by Crippen LogP contribution is 2.35. The minimum atomic E-state index is -0.152. The first-order valence-electron chi connectivity index (χ1n) is 10.1. The largest absolute Gasteiger partial charge is 0.486 e. The monoisotopic (exact) mass is 397 g/mol. The average molecular weight is 397 g/mol. The fourth-order valence-corrected chi connectivity index (χ4v) is 3.87. The van der Waals surface area contributed by atoms with Gasteiger partial charge < -0.3 is 14.4 Å². The Morgan fingerprint density at radius 1 is 1.17 bits per heavy atom. The van der Waals surface area contributed by atoms with E-state index in [-0.39, 0.29) is 22.9 Å². The van der Waals surface area contributed by atoms with Gasteiger partial charge in [-0.2, -0.15) is 5.10 Å². The van der Waals surface area contributed by atoms with E-state index in [2.05, 4.69) is 25.9 Å². The molecule has 0 radical (unpaired) electrons. The smallest absolute Gasteiger partial charge is 0.266 e. The first-order valence-corrected chi connectivity index (χ1v) is 10.1. The van der Waals surface area contributed by atoms with Crippen LogP contribution in [0, 0.1) is 0 Å². The van der Waals surface area contributed by atoms with Crippen LogP contribution in [0.2, 0.25) is 0 Å². The summed E-state index contributed by atoms with van der Waals surface area (Å²) in [6.45, 7) is 8.15. The van der Waals surface area contributed by atoms with Crippen LogP contribution in [0.3, 0.4) is 0 Å². The van der Waals surface area contributed by atoms with E-state index in [9.17, 15) is 9.59 Å². The van der Waals surface area contributed by atoms with E-state index in [4.69, 9.17) is 9.47 Å². The summed E-state index contributed by atoms with van der Waals surface area (Å²) in [5.74, 6) is 1.03. The highest BCUT2D eigenvalue weighted by molar-refractivity contribution is 5.98. The van der Waals surface area contributed by atoms with Gasteiger partial charge in [0.2, 0.25) is 0 Å². The van der Waals surface area contributed by atoms with E-state index in [1.165, 1.54) is 4.68 Å². The Balaban J connectivity index is 1.59. The Hall–Kier alpha value is -2.83. The molecule has 1 atom stereocenters. The van der Waals surface area contributed by atoms with Gasteiger partial charge in [-0.1, -0.05) is 26.8 Å². The number of ether oxygens (including phenoxy) is 2. The molecule has 1 aromatic heterocycles. The van der Waals surface area contributed by atoms with Gasteiger partial charge in [0.25, 0.3) is 11.5 Å². The quantitative estimate of drug-likeness (QED) is 0.796. The lowest BCUT2D eigenvalue weighted by Gasteiger charge is -2.27. The van der Waals surface area contributed by atoms with Gasteiger partial charge in [0.05, 0.1) is 23.8 Å². The van der Waals surface area contributed by atoms with Crippen LogP contribution >= 0.6 is 0 Å². The Labute approximate surface area is 170 Å². The molecule has 154 valence electrons. The SMILES string of the molecule is CC(C)(C)c1ccc(=O)n(CC2CCCN2C(=O)c2cccc3c2OCCO3)n1. The molecule has 7 heteroatoms. The molecule has 29 heavy (non-hydrogen) atoms. The van der Waals surface area contributed by atoms with E-state index in [0.717, 1.165) is 18.5 Å². The van der Waals surface area contributed by atoms with Gasteiger partial charge in [-0.05, 0) is 31.0 Å². The predicted octanol–water partition coefficient (Wildman–Crippen LogP) is 2.62. The Kier molecular flexibility index (Phi) is 5.06. The zero-order chi connectivity index (χ0) is 20.6. The number of para-hydroxylation sites is 1. The lowest BCUT2D eigenvalue weighted by Crippen LogP contribution is -2.41. The number of hydrogen-bond donors (Lipinski definition) is 0. The summed E-state index contributed by atoms with van der Waals surface area (Å²) in [6.07, 6.45) is 1.74. The minimum absolute atomic E-state index is 0.0803. The van der Waals surface area contributed by atoms with Gasteiger partial charge >= 0.3 is 0 Å². The van der Waals surface area contributed by atoms with Gasteiger partial charge in [0.1, 0.15) is 13.2 Å². The summed E-state index contributed by atoms with van der Waals surface area (Å²) >= 11 is 0. The number of hydrogen-bond acceptors (Lipinski definition) is 5. The topological polar surface area (TPSA) is 73.7 Å². The molecule has 3 heterocycles. The molecule has 2 aliphatic rings. The van der Waals surface area contributed by atoms with Gasteiger partial charge in [-0.25, -0.2) is 4.68 Å². The number of likely N-dealkylation sites (tertiary alicyclic amines) is 1. The highest BCUT2D eigenvalue weighted by atomic mass is 16.6. The normalized spacial score (nSPS) is 18.7. The van der Waals surface area contributed by atoms with E-state index in [0.29, 0.717) is 43.4 Å². The van der Waals surface area contributed by atoms with Gasteiger partial charge in [-0.15, -0.1) is 0 Å². The van der Waals surface area contributed by atoms with E-state index in [1.807, 2.05) is 17.0 Å². The third-order valence-corrected chi connectivity index (χ3v) is 5.45. The summed E-state index contributed by atoms with van der Waals surface area (Å²) in [5, 5.41) is 4.57. The number of benzene rings is 1. The third kappa shape index (κ3) is 3.86. The number of aromatic nitrogens is 2. The van der Waals surface area contributed by atoms with Crippen LogP contribution in [0.15, 0.2) is 35.1 Å². The first kappa shape index (κ1) is 19.5. The molecule has 2 aliphatic heterocycles. The van der Waals surface area contributed by atoms with Gasteiger partial charge in [0.15, 0.2) is 11.5 Å². The molecule has 1 unspecified atom stereocenters. The number of amides is 1. The second-order valence-corrected chi connectivity index (χ2v) is 8.61. The van der Waals surface area contributed by atoms with Crippen LogP contribution in [0.4, 0.5) is 0 Å². The van der Waals surface area contributed by atoms with E-state index >= 15 is 0 Å². The summed E-state index contributed by atoms with van der Waals surface area (Å²) in [7, 11) is 0. The lowest BCUT2D eigenvalue weighted by atomic mass is 9.92. The van der Waals surface area contributed by atoms with Crippen molar-refractivity contribution in [1.82, 2.24) is 14.7 Å². The van der Waals surface area contributed by atoms with Crippen LogP contribution < -0.4 is 15.0 Å². The number of nitrogens with zero attached hydrogens (tertiary/aromatic N) is 3. The minimum Gasteiger partial charge on any atom is -0.486 e. The van der Waals surface area contributed by atoms with Crippen LogP contribution in [0.1, 0.15) is 49.7 Å². The molecule has 1 fully saturated rings. The molecule has 1 saturated heterocycles. The summed E-state index contributed by atoms with van der Waals surface area (Å²) in [6, 6.07) is 8.66. The second kappa shape index (κ2) is 7.54. The van der Waals surface area contributed by atoms with Crippen molar-refractivity contribution >= 4 is 5.91 Å². The van der Waals surface area contributed by atoms with Gasteiger partial charge in [0, 0.05) is 18.0 Å². The highest BCUT2D eigenvalue weighted by Gasteiger charge is 2.33. The van der Waals surface area contributed by atoms with Gasteiger partial charge in [-0.3, -0.25) is 9.59 Å². The molecule has 7 nitrogen and oxygen atoms in total. The van der Waals surface area contributed by atoms with Crippen molar-refractivity contribution in [1.29, 1.82) is 0 Å². The Bertz CT molecular complexity index is 977. The molecular weight excluding hydrogens is 370 g/mol. The zero-order valence-corrected chi connectivity index (χ0v) is 17.2. The molecular formula is C22H27N3O4. The van der Waals surface area contributed by atoms with E-state index in [1.54, 1.807) is 18.2 Å². The van der Waals surface area contributed by atoms with E-state index < -0.39 is 0 Å². The summed E-state index contributed by atoms with van der Waals surface area (Å²) < 4.78 is 12.8. The summed E-state index contributed by atoms with van der Waals surface area (Å²) in [4.78, 5) is 27.5. The first-order chi connectivity index (χ1) is 13.8. The molecule has 1 amide bonds. The zero-order valence-electron chi connectivity index (χ0n) is 17.2. The maximum absolute atomic E-state index is 13.3. The molecule has 4 rings (SSSR count). The summed E-state index contributed by atoms with van der Waals surface area (Å²) in [5.41, 5.74) is 1.07. The third-order valence-electron chi connectivity index (χ3n) is 5.45. The Morgan fingerprint density at radius 2 is 1.97 bits per heavy atom. The molecule has 0 aliphatic carbocycles. The van der Waals surface area contributed by atoms with Crippen molar-refractivity contribution in [2.75, 3.05) is 19.8 Å². The standard InChI is InChI=1S/C22H27N3O4/c1-22(2,3)18-9-10-19(26)25(23-18)14-15-6-5-11-24(15)21(27)16-7-4-8-17-20(16)29-13-12-28-17/h4,7-10,15H,5-6,11-14H2,1-3H3. The number of carbonyl (C=O) groups is 1. The van der Waals surface area contributed by atoms with Crippen LogP contribution in [-0.2, 0) is 12.0 Å². The predicted molar refractivity (Wildman–Crippen MR) is 109 cm³/mol. The molecule has 0 spiro atoms. The Morgan fingerprint density at radius 3 is 2.76 bits per heavy atom. The van der Waals surface area contributed by atoms with Crippen molar-refractivity contribution in [3.63, 3.8) is 0 Å². The maximum Gasteiger partial charge on any atom is 0.266 e. The maximum atomic E-state index is 13.3. The van der Waals surface area contributed by atoms with Crippen LogP contribution in [0.5, 0.6) is 11.5 Å². The average Bonchev–Trinajstić information content (AvgIpc) is 3.16. The molecule has 0 bridgehead atoms. The molecule has 0 saturated carbocycles. The van der Waals surface area contributed by atoms with Crippen molar-refractivity contribution in [2.24, 2.45) is 0 Å². The van der Waals surface area contributed by atoms with Crippen LogP contribution in [0.25, 0.3) is 0 Å². The second-order valence-electron chi connectivity index (χ2n) is 8.61. The number of rotatable bonds is 3. The lowest BCUT2D eigenvalue weighted by molar-refractivity contribution is 0.0709. The number of fused-ring (bicyclic) bond motifs is 1. The molecule has 0 N–H and O–H groups in total. The van der Waals surface area contributed by atoms with Crippen molar-refractivity contribution < 1.29 is 14.3 Å². The molecule has 2 aromatic rings. The van der Waals surface area contributed by atoms with Crippen molar-refractivity contribution in [3.8, 4) is 11.5 Å². The fraction of sp³-hybridized carbons (Fsp3) is 0.500. The number of carbonyl (C=O) groups excluding carboxylic acids is 1. The van der Waals surface area contributed by atoms with Crippen molar-refractivity contribution in [2.45, 2.75) is 51.6 Å². The fourth-order valence-electron chi connectivity index (χ4n) is 3.87. The van der Waals surface area contributed by atoms with Crippen molar-refractivity contribution in [3.05, 3.63) is 51.9 Å².